The van der Waals surface area contributed by atoms with Crippen LogP contribution in [0.15, 0.2) is 36.4 Å². The molecule has 2 aliphatic rings. The van der Waals surface area contributed by atoms with E-state index in [2.05, 4.69) is 31.2 Å². The smallest absolute Gasteiger partial charge is 0.341 e. The number of hydrogen-bond donors (Lipinski definition) is 0. The largest absolute Gasteiger partial charge is 0.458 e. The Morgan fingerprint density at radius 2 is 1.80 bits per heavy atom. The van der Waals surface area contributed by atoms with Crippen LogP contribution in [0.4, 0.5) is 4.39 Å². The van der Waals surface area contributed by atoms with E-state index >= 15 is 0 Å². The fourth-order valence-electron chi connectivity index (χ4n) is 4.68. The van der Waals surface area contributed by atoms with Gasteiger partial charge in [0.15, 0.2) is 0 Å². The molecule has 2 aliphatic heterocycles. The van der Waals surface area contributed by atoms with Gasteiger partial charge in [-0.15, -0.1) is 0 Å². The summed E-state index contributed by atoms with van der Waals surface area (Å²) in [6, 6.07) is 12.6. The minimum atomic E-state index is -0.529. The highest BCUT2D eigenvalue weighted by atomic mass is 19.1. The van der Waals surface area contributed by atoms with Crippen LogP contribution in [-0.4, -0.2) is 24.8 Å². The monoisotopic (exact) mass is 410 g/mol. The molecule has 1 fully saturated rings. The van der Waals surface area contributed by atoms with Gasteiger partial charge in [-0.2, -0.15) is 0 Å². The highest BCUT2D eigenvalue weighted by Crippen LogP contribution is 2.32. The molecule has 160 valence electrons. The molecule has 2 aromatic carbocycles. The molecule has 0 saturated carbocycles. The third-order valence-corrected chi connectivity index (χ3v) is 6.52. The Labute approximate surface area is 178 Å². The zero-order valence-electron chi connectivity index (χ0n) is 18.0. The van der Waals surface area contributed by atoms with Crippen molar-refractivity contribution in [2.45, 2.75) is 76.9 Å². The summed E-state index contributed by atoms with van der Waals surface area (Å²) < 4.78 is 25.9. The summed E-state index contributed by atoms with van der Waals surface area (Å²) in [7, 11) is 0. The van der Waals surface area contributed by atoms with Crippen molar-refractivity contribution in [3.05, 3.63) is 70.0 Å². The summed E-state index contributed by atoms with van der Waals surface area (Å²) >= 11 is 0. The van der Waals surface area contributed by atoms with Crippen LogP contribution in [0, 0.1) is 12.7 Å². The first kappa shape index (κ1) is 21.0. The molecule has 0 N–H and O–H groups in total. The molecule has 3 atom stereocenters. The highest BCUT2D eigenvalue weighted by molar-refractivity contribution is 5.92. The number of aryl methyl sites for hydroxylation is 2. The lowest BCUT2D eigenvalue weighted by atomic mass is 9.88. The molecule has 0 aliphatic carbocycles. The highest BCUT2D eigenvalue weighted by Gasteiger charge is 2.31. The SMILES string of the molecule is CCCc1ccc(C2CCC(CCC3Cc4ccc(C)c(F)c4C(=O)O3)OC2)cc1. The predicted octanol–water partition coefficient (Wildman–Crippen LogP) is 5.91. The third-order valence-electron chi connectivity index (χ3n) is 6.52. The Hall–Kier alpha value is -2.20. The van der Waals surface area contributed by atoms with Crippen molar-refractivity contribution in [2.24, 2.45) is 0 Å². The lowest BCUT2D eigenvalue weighted by Crippen LogP contribution is -2.31. The number of carbonyl (C=O) groups is 1. The normalized spacial score (nSPS) is 23.7. The van der Waals surface area contributed by atoms with Crippen LogP contribution in [0.25, 0.3) is 0 Å². The van der Waals surface area contributed by atoms with Crippen molar-refractivity contribution in [3.8, 4) is 0 Å². The molecule has 4 rings (SSSR count). The Kier molecular flexibility index (Phi) is 6.52. The molecular weight excluding hydrogens is 379 g/mol. The molecule has 3 unspecified atom stereocenters. The van der Waals surface area contributed by atoms with E-state index in [1.54, 1.807) is 13.0 Å². The molecule has 4 heteroatoms. The number of carbonyl (C=O) groups excluding carboxylic acids is 1. The van der Waals surface area contributed by atoms with Crippen molar-refractivity contribution in [1.29, 1.82) is 0 Å². The first-order valence-electron chi connectivity index (χ1n) is 11.2. The van der Waals surface area contributed by atoms with E-state index in [-0.39, 0.29) is 17.8 Å². The maximum Gasteiger partial charge on any atom is 0.341 e. The molecular formula is C26H31FO3. The predicted molar refractivity (Wildman–Crippen MR) is 115 cm³/mol. The average molecular weight is 411 g/mol. The van der Waals surface area contributed by atoms with E-state index in [4.69, 9.17) is 9.47 Å². The van der Waals surface area contributed by atoms with Gasteiger partial charge in [-0.25, -0.2) is 9.18 Å². The zero-order valence-corrected chi connectivity index (χ0v) is 18.0. The molecule has 2 heterocycles. The van der Waals surface area contributed by atoms with Gasteiger partial charge in [0.1, 0.15) is 11.9 Å². The fourth-order valence-corrected chi connectivity index (χ4v) is 4.68. The van der Waals surface area contributed by atoms with Gasteiger partial charge in [-0.05, 0) is 61.3 Å². The molecule has 0 spiro atoms. The Bertz CT molecular complexity index is 882. The molecule has 30 heavy (non-hydrogen) atoms. The average Bonchev–Trinajstić information content (AvgIpc) is 2.76. The number of cyclic esters (lactones) is 1. The van der Waals surface area contributed by atoms with Crippen molar-refractivity contribution < 1.29 is 18.7 Å². The van der Waals surface area contributed by atoms with Gasteiger partial charge < -0.3 is 9.47 Å². The lowest BCUT2D eigenvalue weighted by molar-refractivity contribution is -0.0152. The van der Waals surface area contributed by atoms with Crippen molar-refractivity contribution in [2.75, 3.05) is 6.61 Å². The van der Waals surface area contributed by atoms with Gasteiger partial charge in [0.2, 0.25) is 0 Å². The molecule has 0 amide bonds. The van der Waals surface area contributed by atoms with Gasteiger partial charge in [-0.3, -0.25) is 0 Å². The minimum absolute atomic E-state index is 0.118. The van der Waals surface area contributed by atoms with E-state index in [9.17, 15) is 9.18 Å². The van der Waals surface area contributed by atoms with E-state index in [1.165, 1.54) is 17.5 Å². The molecule has 2 aromatic rings. The summed E-state index contributed by atoms with van der Waals surface area (Å²) in [5.74, 6) is -0.513. The van der Waals surface area contributed by atoms with Crippen LogP contribution in [0.5, 0.6) is 0 Å². The Balaban J connectivity index is 1.27. The van der Waals surface area contributed by atoms with Gasteiger partial charge in [0, 0.05) is 12.3 Å². The van der Waals surface area contributed by atoms with Crippen molar-refractivity contribution in [1.82, 2.24) is 0 Å². The van der Waals surface area contributed by atoms with Crippen molar-refractivity contribution >= 4 is 5.97 Å². The standard InChI is InChI=1S/C26H31FO3/c1-3-4-18-6-9-19(10-7-18)21-11-12-22(29-16-21)13-14-23-15-20-8-5-17(2)25(27)24(20)26(28)30-23/h5-10,21-23H,3-4,11-16H2,1-2H3. The second-order valence-corrected chi connectivity index (χ2v) is 8.76. The minimum Gasteiger partial charge on any atom is -0.458 e. The molecule has 3 nitrogen and oxygen atoms in total. The van der Waals surface area contributed by atoms with Gasteiger partial charge >= 0.3 is 5.97 Å². The van der Waals surface area contributed by atoms with Gasteiger partial charge in [0.05, 0.1) is 18.3 Å². The first-order valence-corrected chi connectivity index (χ1v) is 11.2. The van der Waals surface area contributed by atoms with Crippen LogP contribution in [0.3, 0.4) is 0 Å². The van der Waals surface area contributed by atoms with E-state index in [0.717, 1.165) is 44.3 Å². The summed E-state index contributed by atoms with van der Waals surface area (Å²) in [5, 5.41) is 0. The fraction of sp³-hybridized carbons (Fsp3) is 0.500. The van der Waals surface area contributed by atoms with E-state index in [1.807, 2.05) is 6.07 Å². The summed E-state index contributed by atoms with van der Waals surface area (Å²) in [4.78, 5) is 12.3. The number of rotatable bonds is 6. The zero-order chi connectivity index (χ0) is 21.1. The van der Waals surface area contributed by atoms with Gasteiger partial charge in [0.25, 0.3) is 0 Å². The number of hydrogen-bond acceptors (Lipinski definition) is 3. The molecule has 0 bridgehead atoms. The maximum absolute atomic E-state index is 14.3. The summed E-state index contributed by atoms with van der Waals surface area (Å²) in [6.45, 7) is 4.62. The van der Waals surface area contributed by atoms with Crippen LogP contribution in [0.1, 0.15) is 77.6 Å². The number of halogens is 1. The number of benzene rings is 2. The second-order valence-electron chi connectivity index (χ2n) is 8.76. The number of ether oxygens (including phenoxy) is 2. The van der Waals surface area contributed by atoms with Crippen LogP contribution >= 0.6 is 0 Å². The summed E-state index contributed by atoms with van der Waals surface area (Å²) in [5.41, 5.74) is 4.12. The van der Waals surface area contributed by atoms with Crippen LogP contribution in [0.2, 0.25) is 0 Å². The Morgan fingerprint density at radius 3 is 2.50 bits per heavy atom. The molecule has 1 saturated heterocycles. The van der Waals surface area contributed by atoms with Crippen molar-refractivity contribution in [3.63, 3.8) is 0 Å². The first-order chi connectivity index (χ1) is 14.5. The summed E-state index contributed by atoms with van der Waals surface area (Å²) in [6.07, 6.45) is 6.65. The number of fused-ring (bicyclic) bond motifs is 1. The molecule has 0 aromatic heterocycles. The third kappa shape index (κ3) is 4.59. The van der Waals surface area contributed by atoms with Gasteiger partial charge in [-0.1, -0.05) is 49.7 Å². The topological polar surface area (TPSA) is 35.5 Å². The van der Waals surface area contributed by atoms with E-state index < -0.39 is 11.8 Å². The second kappa shape index (κ2) is 9.30. The Morgan fingerprint density at radius 1 is 1.03 bits per heavy atom. The van der Waals surface area contributed by atoms with Crippen LogP contribution < -0.4 is 0 Å². The lowest BCUT2D eigenvalue weighted by Gasteiger charge is -2.31. The number of esters is 1. The maximum atomic E-state index is 14.3. The molecule has 0 radical (unpaired) electrons. The van der Waals surface area contributed by atoms with E-state index in [0.29, 0.717) is 17.9 Å². The quantitative estimate of drug-likeness (QED) is 0.555. The van der Waals surface area contributed by atoms with Crippen LogP contribution in [-0.2, 0) is 22.3 Å².